The molecule has 1 fully saturated rings. The normalized spacial score (nSPS) is 18.0. The van der Waals surface area contributed by atoms with Gasteiger partial charge < -0.3 is 0 Å². The fourth-order valence-electron chi connectivity index (χ4n) is 3.44. The van der Waals surface area contributed by atoms with Gasteiger partial charge in [0.25, 0.3) is 0 Å². The van der Waals surface area contributed by atoms with Crippen LogP contribution < -0.4 is 4.90 Å². The van der Waals surface area contributed by atoms with Gasteiger partial charge in [0, 0.05) is 31.1 Å². The zero-order valence-corrected chi connectivity index (χ0v) is 16.1. The number of anilines is 1. The molecule has 3 rings (SSSR count). The van der Waals surface area contributed by atoms with Crippen LogP contribution in [0.25, 0.3) is 0 Å². The predicted octanol–water partition coefficient (Wildman–Crippen LogP) is 3.82. The van der Waals surface area contributed by atoms with Crippen LogP contribution in [0.15, 0.2) is 36.5 Å². The van der Waals surface area contributed by atoms with E-state index in [-0.39, 0.29) is 11.9 Å². The van der Waals surface area contributed by atoms with E-state index in [0.29, 0.717) is 5.92 Å². The van der Waals surface area contributed by atoms with Crippen LogP contribution in [0.2, 0.25) is 0 Å². The monoisotopic (exact) mass is 357 g/mol. The van der Waals surface area contributed by atoms with Gasteiger partial charge in [-0.1, -0.05) is 44.2 Å². The number of aromatic nitrogens is 1. The SMILES string of the molecule is CC(C)CN1CCC[C@H]1C(=O)N(C)c1ncc(Cc2ccccc2)s1. The van der Waals surface area contributed by atoms with Crippen molar-refractivity contribution in [3.63, 3.8) is 0 Å². The van der Waals surface area contributed by atoms with Crippen molar-refractivity contribution in [2.24, 2.45) is 5.92 Å². The van der Waals surface area contributed by atoms with Crippen molar-refractivity contribution in [3.05, 3.63) is 47.0 Å². The molecule has 1 aliphatic rings. The molecule has 1 amide bonds. The molecule has 0 spiro atoms. The molecule has 134 valence electrons. The summed E-state index contributed by atoms with van der Waals surface area (Å²) >= 11 is 1.61. The van der Waals surface area contributed by atoms with Crippen molar-refractivity contribution in [1.82, 2.24) is 9.88 Å². The molecule has 0 unspecified atom stereocenters. The van der Waals surface area contributed by atoms with E-state index in [1.807, 2.05) is 19.3 Å². The van der Waals surface area contributed by atoms with E-state index in [9.17, 15) is 4.79 Å². The summed E-state index contributed by atoms with van der Waals surface area (Å²) in [4.78, 5) is 22.7. The molecule has 1 saturated heterocycles. The maximum Gasteiger partial charge on any atom is 0.245 e. The van der Waals surface area contributed by atoms with E-state index in [4.69, 9.17) is 0 Å². The molecule has 2 aromatic rings. The molecule has 25 heavy (non-hydrogen) atoms. The van der Waals surface area contributed by atoms with Crippen molar-refractivity contribution >= 4 is 22.4 Å². The minimum atomic E-state index is 0.00822. The Kier molecular flexibility index (Phi) is 5.86. The van der Waals surface area contributed by atoms with E-state index in [1.54, 1.807) is 16.2 Å². The van der Waals surface area contributed by atoms with Crippen molar-refractivity contribution in [2.45, 2.75) is 39.2 Å². The van der Waals surface area contributed by atoms with Crippen molar-refractivity contribution in [2.75, 3.05) is 25.0 Å². The van der Waals surface area contributed by atoms with Crippen molar-refractivity contribution in [3.8, 4) is 0 Å². The fourth-order valence-corrected chi connectivity index (χ4v) is 4.35. The summed E-state index contributed by atoms with van der Waals surface area (Å²) in [5, 5.41) is 0.798. The van der Waals surface area contributed by atoms with Gasteiger partial charge in [-0.25, -0.2) is 4.98 Å². The number of nitrogens with zero attached hydrogens (tertiary/aromatic N) is 3. The number of carbonyl (C=O) groups excluding carboxylic acids is 1. The Morgan fingerprint density at radius 3 is 2.84 bits per heavy atom. The van der Waals surface area contributed by atoms with Crippen LogP contribution in [0.1, 0.15) is 37.1 Å². The average molecular weight is 358 g/mol. The zero-order valence-electron chi connectivity index (χ0n) is 15.3. The van der Waals surface area contributed by atoms with Crippen LogP contribution in [0, 0.1) is 5.92 Å². The van der Waals surface area contributed by atoms with Gasteiger partial charge in [-0.15, -0.1) is 11.3 Å². The molecule has 0 aliphatic carbocycles. The average Bonchev–Trinajstić information content (AvgIpc) is 3.23. The Bertz CT molecular complexity index is 698. The topological polar surface area (TPSA) is 36.4 Å². The standard InChI is InChI=1S/C20H27N3OS/c1-15(2)14-23-11-7-10-18(23)19(24)22(3)20-21-13-17(25-20)12-16-8-5-4-6-9-16/h4-6,8-9,13,15,18H,7,10-12,14H2,1-3H3/t18-/m0/s1. The number of carbonyl (C=O) groups is 1. The number of likely N-dealkylation sites (tertiary alicyclic amines) is 1. The number of rotatable bonds is 6. The maximum absolute atomic E-state index is 13.0. The first-order chi connectivity index (χ1) is 12.0. The lowest BCUT2D eigenvalue weighted by Gasteiger charge is -2.28. The number of amides is 1. The largest absolute Gasteiger partial charge is 0.292 e. The molecule has 0 saturated carbocycles. The second-order valence-electron chi connectivity index (χ2n) is 7.22. The summed E-state index contributed by atoms with van der Waals surface area (Å²) in [5.41, 5.74) is 1.27. The van der Waals surface area contributed by atoms with Gasteiger partial charge in [0.2, 0.25) is 5.91 Å². The highest BCUT2D eigenvalue weighted by atomic mass is 32.1. The lowest BCUT2D eigenvalue weighted by molar-refractivity contribution is -0.122. The first kappa shape index (κ1) is 18.1. The van der Waals surface area contributed by atoms with Gasteiger partial charge in [-0.05, 0) is 30.9 Å². The summed E-state index contributed by atoms with van der Waals surface area (Å²) < 4.78 is 0. The molecular formula is C20H27N3OS. The summed E-state index contributed by atoms with van der Waals surface area (Å²) in [5.74, 6) is 0.759. The van der Waals surface area contributed by atoms with Crippen LogP contribution in [0.3, 0.4) is 0 Å². The summed E-state index contributed by atoms with van der Waals surface area (Å²) in [6.07, 6.45) is 4.83. The second kappa shape index (κ2) is 8.11. The highest BCUT2D eigenvalue weighted by Crippen LogP contribution is 2.27. The third-order valence-corrected chi connectivity index (χ3v) is 5.70. The third kappa shape index (κ3) is 4.47. The highest BCUT2D eigenvalue weighted by Gasteiger charge is 2.33. The van der Waals surface area contributed by atoms with Gasteiger partial charge in [0.15, 0.2) is 5.13 Å². The van der Waals surface area contributed by atoms with E-state index in [2.05, 4.69) is 48.0 Å². The highest BCUT2D eigenvalue weighted by molar-refractivity contribution is 7.15. The lowest BCUT2D eigenvalue weighted by Crippen LogP contribution is -2.45. The smallest absolute Gasteiger partial charge is 0.245 e. The van der Waals surface area contributed by atoms with Gasteiger partial charge in [-0.2, -0.15) is 0 Å². The molecule has 4 nitrogen and oxygen atoms in total. The molecule has 0 bridgehead atoms. The number of benzene rings is 1. The van der Waals surface area contributed by atoms with Crippen LogP contribution >= 0.6 is 11.3 Å². The lowest BCUT2D eigenvalue weighted by atomic mass is 10.1. The quantitative estimate of drug-likeness (QED) is 0.789. The predicted molar refractivity (Wildman–Crippen MR) is 104 cm³/mol. The van der Waals surface area contributed by atoms with Gasteiger partial charge in [0.1, 0.15) is 0 Å². The third-order valence-electron chi connectivity index (χ3n) is 4.63. The first-order valence-electron chi connectivity index (χ1n) is 9.05. The van der Waals surface area contributed by atoms with Crippen molar-refractivity contribution < 1.29 is 4.79 Å². The molecule has 0 N–H and O–H groups in total. The number of likely N-dealkylation sites (N-methyl/N-ethyl adjacent to an activating group) is 1. The van der Waals surface area contributed by atoms with E-state index >= 15 is 0 Å². The molecule has 1 aliphatic heterocycles. The molecular weight excluding hydrogens is 330 g/mol. The Hall–Kier alpha value is -1.72. The molecule has 1 atom stereocenters. The van der Waals surface area contributed by atoms with Crippen molar-refractivity contribution in [1.29, 1.82) is 0 Å². The van der Waals surface area contributed by atoms with Gasteiger partial charge in [0.05, 0.1) is 6.04 Å². The molecule has 1 aromatic carbocycles. The number of thiazole rings is 1. The first-order valence-corrected chi connectivity index (χ1v) is 9.86. The number of hydrogen-bond donors (Lipinski definition) is 0. The maximum atomic E-state index is 13.0. The van der Waals surface area contributed by atoms with Gasteiger partial charge in [-0.3, -0.25) is 14.6 Å². The van der Waals surface area contributed by atoms with Crippen LogP contribution in [-0.4, -0.2) is 42.0 Å². The fraction of sp³-hybridized carbons (Fsp3) is 0.500. The van der Waals surface area contributed by atoms with E-state index in [0.717, 1.165) is 37.5 Å². The molecule has 5 heteroatoms. The zero-order chi connectivity index (χ0) is 17.8. The van der Waals surface area contributed by atoms with Gasteiger partial charge >= 0.3 is 0 Å². The summed E-state index contributed by atoms with van der Waals surface area (Å²) in [6.45, 7) is 6.43. The minimum absolute atomic E-state index is 0.00822. The Labute approximate surface area is 154 Å². The minimum Gasteiger partial charge on any atom is -0.292 e. The molecule has 0 radical (unpaired) electrons. The van der Waals surface area contributed by atoms with E-state index in [1.165, 1.54) is 10.4 Å². The second-order valence-corrected chi connectivity index (χ2v) is 8.31. The van der Waals surface area contributed by atoms with E-state index < -0.39 is 0 Å². The van der Waals surface area contributed by atoms with Crippen LogP contribution in [0.5, 0.6) is 0 Å². The Balaban J connectivity index is 1.66. The number of hydrogen-bond acceptors (Lipinski definition) is 4. The van der Waals surface area contributed by atoms with Crippen LogP contribution in [0.4, 0.5) is 5.13 Å². The summed E-state index contributed by atoms with van der Waals surface area (Å²) in [7, 11) is 1.86. The summed E-state index contributed by atoms with van der Waals surface area (Å²) in [6, 6.07) is 10.4. The molecule has 2 heterocycles. The Morgan fingerprint density at radius 2 is 2.12 bits per heavy atom. The Morgan fingerprint density at radius 1 is 1.36 bits per heavy atom. The van der Waals surface area contributed by atoms with Crippen LogP contribution in [-0.2, 0) is 11.2 Å². The molecule has 1 aromatic heterocycles.